The fourth-order valence-corrected chi connectivity index (χ4v) is 2.74. The van der Waals surface area contributed by atoms with Gasteiger partial charge in [0.05, 0.1) is 0 Å². The highest BCUT2D eigenvalue weighted by Gasteiger charge is 2.33. The fourth-order valence-electron chi connectivity index (χ4n) is 2.48. The zero-order valence-electron chi connectivity index (χ0n) is 10.7. The van der Waals surface area contributed by atoms with Gasteiger partial charge in [0.1, 0.15) is 0 Å². The third-order valence-corrected chi connectivity index (χ3v) is 4.33. The van der Waals surface area contributed by atoms with Gasteiger partial charge in [-0.25, -0.2) is 0 Å². The average Bonchev–Trinajstić information content (AvgIpc) is 3.23. The molecule has 0 aromatic heterocycles. The minimum atomic E-state index is 0.564. The summed E-state index contributed by atoms with van der Waals surface area (Å²) in [6.07, 6.45) is 5.57. The van der Waals surface area contributed by atoms with E-state index >= 15 is 0 Å². The highest BCUT2D eigenvalue weighted by molar-refractivity contribution is 6.31. The standard InChI is InChI=1S/C15H21ClN2/c16-15-7-12(8-17)3-4-13(15)10-18(14-5-6-14)9-11-1-2-11/h3-4,7,11,14H,1-2,5-6,8-10,17H2. The molecule has 18 heavy (non-hydrogen) atoms. The summed E-state index contributed by atoms with van der Waals surface area (Å²) >= 11 is 6.35. The first-order valence-corrected chi connectivity index (χ1v) is 7.35. The van der Waals surface area contributed by atoms with E-state index in [2.05, 4.69) is 17.0 Å². The summed E-state index contributed by atoms with van der Waals surface area (Å²) in [7, 11) is 0. The van der Waals surface area contributed by atoms with Crippen molar-refractivity contribution in [3.05, 3.63) is 34.3 Å². The van der Waals surface area contributed by atoms with E-state index in [0.717, 1.165) is 29.1 Å². The van der Waals surface area contributed by atoms with Gasteiger partial charge >= 0.3 is 0 Å². The van der Waals surface area contributed by atoms with E-state index in [1.54, 1.807) is 0 Å². The van der Waals surface area contributed by atoms with Crippen LogP contribution in [0.5, 0.6) is 0 Å². The SMILES string of the molecule is NCc1ccc(CN(CC2CC2)C2CC2)c(Cl)c1. The Labute approximate surface area is 114 Å². The predicted octanol–water partition coefficient (Wildman–Crippen LogP) is 3.17. The number of hydrogen-bond acceptors (Lipinski definition) is 2. The van der Waals surface area contributed by atoms with E-state index in [9.17, 15) is 0 Å². The van der Waals surface area contributed by atoms with Crippen molar-refractivity contribution in [2.45, 2.75) is 44.8 Å². The van der Waals surface area contributed by atoms with Crippen molar-refractivity contribution in [2.75, 3.05) is 6.54 Å². The lowest BCUT2D eigenvalue weighted by atomic mass is 10.1. The molecule has 2 saturated carbocycles. The van der Waals surface area contributed by atoms with Crippen LogP contribution < -0.4 is 5.73 Å². The van der Waals surface area contributed by atoms with Gasteiger partial charge in [-0.3, -0.25) is 4.90 Å². The molecule has 0 heterocycles. The van der Waals surface area contributed by atoms with E-state index in [-0.39, 0.29) is 0 Å². The number of rotatable bonds is 6. The molecule has 1 aromatic rings. The third-order valence-electron chi connectivity index (χ3n) is 3.98. The topological polar surface area (TPSA) is 29.3 Å². The minimum absolute atomic E-state index is 0.564. The molecule has 0 aliphatic heterocycles. The maximum absolute atomic E-state index is 6.35. The van der Waals surface area contributed by atoms with Gasteiger partial charge in [-0.05, 0) is 48.8 Å². The first-order chi connectivity index (χ1) is 8.76. The molecule has 3 heteroatoms. The van der Waals surface area contributed by atoms with Crippen molar-refractivity contribution in [3.63, 3.8) is 0 Å². The van der Waals surface area contributed by atoms with E-state index in [4.69, 9.17) is 17.3 Å². The maximum atomic E-state index is 6.35. The lowest BCUT2D eigenvalue weighted by Crippen LogP contribution is -2.28. The van der Waals surface area contributed by atoms with Crippen molar-refractivity contribution >= 4 is 11.6 Å². The van der Waals surface area contributed by atoms with Crippen LogP contribution in [0.15, 0.2) is 18.2 Å². The lowest BCUT2D eigenvalue weighted by molar-refractivity contribution is 0.244. The van der Waals surface area contributed by atoms with Crippen molar-refractivity contribution in [1.82, 2.24) is 4.90 Å². The predicted molar refractivity (Wildman–Crippen MR) is 75.5 cm³/mol. The van der Waals surface area contributed by atoms with Crippen molar-refractivity contribution in [2.24, 2.45) is 11.7 Å². The first kappa shape index (κ1) is 12.5. The molecule has 2 nitrogen and oxygen atoms in total. The molecule has 3 rings (SSSR count). The molecule has 2 aliphatic carbocycles. The molecule has 0 spiro atoms. The smallest absolute Gasteiger partial charge is 0.0454 e. The zero-order chi connectivity index (χ0) is 12.5. The van der Waals surface area contributed by atoms with Gasteiger partial charge in [0, 0.05) is 30.7 Å². The molecule has 0 amide bonds. The second kappa shape index (κ2) is 5.20. The van der Waals surface area contributed by atoms with E-state index in [0.29, 0.717) is 6.54 Å². The van der Waals surface area contributed by atoms with Crippen LogP contribution in [-0.4, -0.2) is 17.5 Å². The summed E-state index contributed by atoms with van der Waals surface area (Å²) in [5, 5.41) is 0.874. The molecule has 0 bridgehead atoms. The highest BCUT2D eigenvalue weighted by Crippen LogP contribution is 2.36. The molecule has 1 aromatic carbocycles. The Hall–Kier alpha value is -0.570. The van der Waals surface area contributed by atoms with Gasteiger partial charge in [0.15, 0.2) is 0 Å². The highest BCUT2D eigenvalue weighted by atomic mass is 35.5. The van der Waals surface area contributed by atoms with Crippen molar-refractivity contribution < 1.29 is 0 Å². The second-order valence-corrected chi connectivity index (χ2v) is 6.14. The first-order valence-electron chi connectivity index (χ1n) is 6.97. The molecule has 2 N–H and O–H groups in total. The average molecular weight is 265 g/mol. The van der Waals surface area contributed by atoms with E-state index < -0.39 is 0 Å². The summed E-state index contributed by atoms with van der Waals surface area (Å²) < 4.78 is 0. The van der Waals surface area contributed by atoms with Gasteiger partial charge in [0.2, 0.25) is 0 Å². The van der Waals surface area contributed by atoms with Crippen LogP contribution in [0.25, 0.3) is 0 Å². The Morgan fingerprint density at radius 3 is 2.56 bits per heavy atom. The number of nitrogens with zero attached hydrogens (tertiary/aromatic N) is 1. The summed E-state index contributed by atoms with van der Waals surface area (Å²) in [5.41, 5.74) is 8.00. The quantitative estimate of drug-likeness (QED) is 0.855. The van der Waals surface area contributed by atoms with Crippen LogP contribution >= 0.6 is 11.6 Å². The van der Waals surface area contributed by atoms with Crippen LogP contribution in [0.1, 0.15) is 36.8 Å². The summed E-state index contributed by atoms with van der Waals surface area (Å²) in [6.45, 7) is 2.83. The summed E-state index contributed by atoms with van der Waals surface area (Å²) in [5.74, 6) is 0.952. The summed E-state index contributed by atoms with van der Waals surface area (Å²) in [4.78, 5) is 2.63. The Balaban J connectivity index is 1.68. The van der Waals surface area contributed by atoms with Crippen LogP contribution in [0.4, 0.5) is 0 Å². The summed E-state index contributed by atoms with van der Waals surface area (Å²) in [6, 6.07) is 7.07. The van der Waals surface area contributed by atoms with Crippen LogP contribution in [-0.2, 0) is 13.1 Å². The van der Waals surface area contributed by atoms with Gasteiger partial charge < -0.3 is 5.73 Å². The lowest BCUT2D eigenvalue weighted by Gasteiger charge is -2.22. The van der Waals surface area contributed by atoms with Crippen LogP contribution in [0.3, 0.4) is 0 Å². The van der Waals surface area contributed by atoms with Gasteiger partial charge in [-0.2, -0.15) is 0 Å². The Morgan fingerprint density at radius 2 is 2.00 bits per heavy atom. The minimum Gasteiger partial charge on any atom is -0.326 e. The van der Waals surface area contributed by atoms with Gasteiger partial charge in [-0.1, -0.05) is 23.7 Å². The molecule has 0 atom stereocenters. The number of benzene rings is 1. The maximum Gasteiger partial charge on any atom is 0.0454 e. The molecular formula is C15H21ClN2. The Morgan fingerprint density at radius 1 is 1.22 bits per heavy atom. The normalized spacial score (nSPS) is 19.5. The van der Waals surface area contributed by atoms with Gasteiger partial charge in [0.25, 0.3) is 0 Å². The van der Waals surface area contributed by atoms with Crippen LogP contribution in [0.2, 0.25) is 5.02 Å². The molecule has 2 fully saturated rings. The molecule has 0 unspecified atom stereocenters. The molecule has 98 valence electrons. The largest absolute Gasteiger partial charge is 0.326 e. The fraction of sp³-hybridized carbons (Fsp3) is 0.600. The van der Waals surface area contributed by atoms with Gasteiger partial charge in [-0.15, -0.1) is 0 Å². The number of hydrogen-bond donors (Lipinski definition) is 1. The molecule has 0 saturated heterocycles. The van der Waals surface area contributed by atoms with Crippen molar-refractivity contribution in [3.8, 4) is 0 Å². The molecule has 2 aliphatic rings. The number of halogens is 1. The third kappa shape index (κ3) is 3.05. The number of nitrogens with two attached hydrogens (primary N) is 1. The molecule has 0 radical (unpaired) electrons. The molecular weight excluding hydrogens is 244 g/mol. The second-order valence-electron chi connectivity index (χ2n) is 5.73. The van der Waals surface area contributed by atoms with Crippen LogP contribution in [0, 0.1) is 5.92 Å². The zero-order valence-corrected chi connectivity index (χ0v) is 11.5. The monoisotopic (exact) mass is 264 g/mol. The Bertz CT molecular complexity index is 425. The van der Waals surface area contributed by atoms with E-state index in [1.165, 1.54) is 37.8 Å². The Kier molecular flexibility index (Phi) is 3.60. The van der Waals surface area contributed by atoms with E-state index in [1.807, 2.05) is 6.07 Å². The van der Waals surface area contributed by atoms with Crippen molar-refractivity contribution in [1.29, 1.82) is 0 Å².